The van der Waals surface area contributed by atoms with Crippen molar-refractivity contribution in [3.8, 4) is 5.75 Å². The molecule has 0 bridgehead atoms. The Morgan fingerprint density at radius 3 is 2.80 bits per heavy atom. The van der Waals surface area contributed by atoms with Gasteiger partial charge in [-0.25, -0.2) is 0 Å². The number of hydrogen-bond acceptors (Lipinski definition) is 5. The smallest absolute Gasteiger partial charge is 0.265 e. The number of carbonyl (C=O) groups excluding carboxylic acids is 1. The molecule has 1 aromatic heterocycles. The highest BCUT2D eigenvalue weighted by atomic mass is 32.1. The number of nitrogens with one attached hydrogen (secondary N) is 1. The van der Waals surface area contributed by atoms with Crippen LogP contribution in [0.3, 0.4) is 0 Å². The average Bonchev–Trinajstić information content (AvgIpc) is 3.04. The summed E-state index contributed by atoms with van der Waals surface area (Å²) in [5, 5.41) is 4.34. The van der Waals surface area contributed by atoms with Crippen molar-refractivity contribution < 1.29 is 9.53 Å². The van der Waals surface area contributed by atoms with E-state index in [0.29, 0.717) is 22.4 Å². The quantitative estimate of drug-likeness (QED) is 0.847. The first-order chi connectivity index (χ1) is 9.49. The van der Waals surface area contributed by atoms with E-state index in [1.165, 1.54) is 35.5 Å². The highest BCUT2D eigenvalue weighted by molar-refractivity contribution is 7.19. The van der Waals surface area contributed by atoms with Crippen LogP contribution in [0, 0.1) is 5.92 Å². The summed E-state index contributed by atoms with van der Waals surface area (Å²) >= 11 is 1.38. The van der Waals surface area contributed by atoms with Gasteiger partial charge in [-0.05, 0) is 18.8 Å². The predicted octanol–water partition coefficient (Wildman–Crippen LogP) is 2.64. The van der Waals surface area contributed by atoms with E-state index in [0.717, 1.165) is 10.9 Å². The van der Waals surface area contributed by atoms with Gasteiger partial charge in [0.25, 0.3) is 5.91 Å². The van der Waals surface area contributed by atoms with Crippen LogP contribution in [0.5, 0.6) is 5.75 Å². The average molecular weight is 297 g/mol. The molecular formula is C14H23N3O2S. The summed E-state index contributed by atoms with van der Waals surface area (Å²) in [6.07, 6.45) is 3.63. The molecule has 1 saturated carbocycles. The topological polar surface area (TPSA) is 67.6 Å². The summed E-state index contributed by atoms with van der Waals surface area (Å²) in [6.45, 7) is 2.20. The number of anilines is 2. The van der Waals surface area contributed by atoms with Gasteiger partial charge in [0.1, 0.15) is 15.6 Å². The second kappa shape index (κ2) is 5.91. The molecule has 20 heavy (non-hydrogen) atoms. The fourth-order valence-corrected chi connectivity index (χ4v) is 3.54. The second-order valence-corrected chi connectivity index (χ2v) is 6.46. The number of rotatable bonds is 6. The molecule has 6 heteroatoms. The van der Waals surface area contributed by atoms with Crippen molar-refractivity contribution in [1.29, 1.82) is 0 Å². The first kappa shape index (κ1) is 15.0. The van der Waals surface area contributed by atoms with Gasteiger partial charge in [-0.15, -0.1) is 11.3 Å². The normalized spacial score (nSPS) is 20.6. The molecule has 1 amide bonds. The molecule has 112 valence electrons. The third kappa shape index (κ3) is 2.85. The van der Waals surface area contributed by atoms with Gasteiger partial charge in [-0.1, -0.05) is 13.3 Å². The number of hydrogen-bond donors (Lipinski definition) is 2. The number of methoxy groups -OCH3 is 1. The summed E-state index contributed by atoms with van der Waals surface area (Å²) < 4.78 is 5.36. The fourth-order valence-electron chi connectivity index (χ4n) is 2.37. The van der Waals surface area contributed by atoms with E-state index in [1.807, 2.05) is 0 Å². The zero-order valence-electron chi connectivity index (χ0n) is 12.5. The molecule has 3 N–H and O–H groups in total. The van der Waals surface area contributed by atoms with Crippen molar-refractivity contribution >= 4 is 27.9 Å². The molecule has 2 rings (SSSR count). The van der Waals surface area contributed by atoms with Crippen LogP contribution < -0.4 is 15.8 Å². The van der Waals surface area contributed by atoms with Crippen molar-refractivity contribution in [3.63, 3.8) is 0 Å². The van der Waals surface area contributed by atoms with Crippen LogP contribution in [-0.4, -0.2) is 38.1 Å². The lowest BCUT2D eigenvalue weighted by atomic mass is 10.2. The number of thiophene rings is 1. The van der Waals surface area contributed by atoms with Crippen molar-refractivity contribution in [1.82, 2.24) is 4.90 Å². The molecule has 1 aliphatic carbocycles. The highest BCUT2D eigenvalue weighted by Gasteiger charge is 2.37. The first-order valence-electron chi connectivity index (χ1n) is 6.94. The van der Waals surface area contributed by atoms with Crippen molar-refractivity contribution in [2.24, 2.45) is 5.92 Å². The summed E-state index contributed by atoms with van der Waals surface area (Å²) in [7, 11) is 5.03. The van der Waals surface area contributed by atoms with Gasteiger partial charge in [0, 0.05) is 20.1 Å². The van der Waals surface area contributed by atoms with Crippen LogP contribution in [0.15, 0.2) is 0 Å². The molecule has 5 nitrogen and oxygen atoms in total. The Morgan fingerprint density at radius 2 is 2.25 bits per heavy atom. The van der Waals surface area contributed by atoms with Gasteiger partial charge < -0.3 is 20.7 Å². The van der Waals surface area contributed by atoms with E-state index in [9.17, 15) is 4.79 Å². The molecule has 1 aromatic rings. The maximum Gasteiger partial charge on any atom is 0.265 e. The largest absolute Gasteiger partial charge is 0.492 e. The van der Waals surface area contributed by atoms with Crippen molar-refractivity contribution in [2.45, 2.75) is 32.2 Å². The van der Waals surface area contributed by atoms with E-state index >= 15 is 0 Å². The van der Waals surface area contributed by atoms with Gasteiger partial charge in [0.05, 0.1) is 7.11 Å². The maximum absolute atomic E-state index is 12.1. The molecule has 1 fully saturated rings. The van der Waals surface area contributed by atoms with E-state index in [4.69, 9.17) is 10.5 Å². The van der Waals surface area contributed by atoms with Crippen molar-refractivity contribution in [3.05, 3.63) is 4.88 Å². The SMILES string of the molecule is CCCC1CC1Nc1sc(C(=O)N(C)C)c(N)c1OC. The molecule has 0 aromatic carbocycles. The molecule has 0 spiro atoms. The lowest BCUT2D eigenvalue weighted by Gasteiger charge is -2.08. The third-order valence-electron chi connectivity index (χ3n) is 3.60. The van der Waals surface area contributed by atoms with Gasteiger partial charge in [-0.3, -0.25) is 4.79 Å². The van der Waals surface area contributed by atoms with Gasteiger partial charge in [-0.2, -0.15) is 0 Å². The Bertz CT molecular complexity index is 499. The first-order valence-corrected chi connectivity index (χ1v) is 7.75. The minimum Gasteiger partial charge on any atom is -0.492 e. The molecule has 2 unspecified atom stereocenters. The number of nitrogens with zero attached hydrogens (tertiary/aromatic N) is 1. The number of nitrogen functional groups attached to an aromatic ring is 1. The Labute approximate surface area is 124 Å². The third-order valence-corrected chi connectivity index (χ3v) is 4.71. The minimum absolute atomic E-state index is 0.0836. The van der Waals surface area contributed by atoms with Crippen LogP contribution in [0.2, 0.25) is 0 Å². The van der Waals surface area contributed by atoms with Gasteiger partial charge in [0.15, 0.2) is 5.75 Å². The molecule has 0 saturated heterocycles. The highest BCUT2D eigenvalue weighted by Crippen LogP contribution is 2.46. The molecule has 1 heterocycles. The Morgan fingerprint density at radius 1 is 1.55 bits per heavy atom. The zero-order chi connectivity index (χ0) is 14.9. The number of nitrogens with two attached hydrogens (primary N) is 1. The summed E-state index contributed by atoms with van der Waals surface area (Å²) in [5.74, 6) is 1.25. The van der Waals surface area contributed by atoms with E-state index < -0.39 is 0 Å². The fraction of sp³-hybridized carbons (Fsp3) is 0.643. The van der Waals surface area contributed by atoms with E-state index in [1.54, 1.807) is 21.2 Å². The maximum atomic E-state index is 12.1. The number of amides is 1. The number of carbonyl (C=O) groups is 1. The predicted molar refractivity (Wildman–Crippen MR) is 83.7 cm³/mol. The van der Waals surface area contributed by atoms with Crippen molar-refractivity contribution in [2.75, 3.05) is 32.3 Å². The standard InChI is InChI=1S/C14H23N3O2S/c1-5-6-8-7-9(8)16-13-11(19-4)10(15)12(20-13)14(18)17(2)3/h8-9,16H,5-7,15H2,1-4H3. The van der Waals surface area contributed by atoms with Gasteiger partial charge >= 0.3 is 0 Å². The number of ether oxygens (including phenoxy) is 1. The zero-order valence-corrected chi connectivity index (χ0v) is 13.3. The van der Waals surface area contributed by atoms with Crippen LogP contribution in [0.4, 0.5) is 10.7 Å². The molecule has 2 atom stereocenters. The molecule has 0 aliphatic heterocycles. The second-order valence-electron chi connectivity index (χ2n) is 5.44. The monoisotopic (exact) mass is 297 g/mol. The Kier molecular flexibility index (Phi) is 4.42. The Balaban J connectivity index is 2.17. The Hall–Kier alpha value is -1.43. The summed E-state index contributed by atoms with van der Waals surface area (Å²) in [5.41, 5.74) is 6.48. The molecule has 1 aliphatic rings. The molecule has 0 radical (unpaired) electrons. The lowest BCUT2D eigenvalue weighted by molar-refractivity contribution is 0.0833. The van der Waals surface area contributed by atoms with Crippen LogP contribution >= 0.6 is 11.3 Å². The lowest BCUT2D eigenvalue weighted by Crippen LogP contribution is -2.21. The van der Waals surface area contributed by atoms with E-state index in [2.05, 4.69) is 12.2 Å². The van der Waals surface area contributed by atoms with Crippen LogP contribution in [0.1, 0.15) is 35.9 Å². The van der Waals surface area contributed by atoms with Gasteiger partial charge in [0.2, 0.25) is 0 Å². The summed E-state index contributed by atoms with van der Waals surface area (Å²) in [4.78, 5) is 14.2. The minimum atomic E-state index is -0.0836. The van der Waals surface area contributed by atoms with Crippen LogP contribution in [-0.2, 0) is 0 Å². The summed E-state index contributed by atoms with van der Waals surface area (Å²) in [6, 6.07) is 0.490. The van der Waals surface area contributed by atoms with Crippen LogP contribution in [0.25, 0.3) is 0 Å². The van der Waals surface area contributed by atoms with E-state index in [-0.39, 0.29) is 5.91 Å². The molecular weight excluding hydrogens is 274 g/mol.